The maximum absolute atomic E-state index is 5.77. The van der Waals surface area contributed by atoms with Crippen molar-refractivity contribution in [2.45, 2.75) is 38.5 Å². The third kappa shape index (κ3) is 3.77. The Morgan fingerprint density at radius 1 is 1.16 bits per heavy atom. The van der Waals surface area contributed by atoms with E-state index in [1.54, 1.807) is 0 Å². The number of nitrogen functional groups attached to an aromatic ring is 1. The van der Waals surface area contributed by atoms with Crippen LogP contribution in [0.4, 0.5) is 5.69 Å². The van der Waals surface area contributed by atoms with Gasteiger partial charge in [0.25, 0.3) is 0 Å². The second kappa shape index (κ2) is 7.01. The molecule has 1 saturated carbocycles. The Morgan fingerprint density at radius 3 is 2.63 bits per heavy atom. The molecule has 1 aromatic carbocycles. The first-order valence-electron chi connectivity index (χ1n) is 6.55. The Hall–Kier alpha value is -0.930. The van der Waals surface area contributed by atoms with Crippen molar-refractivity contribution in [3.63, 3.8) is 0 Å². The van der Waals surface area contributed by atoms with Crippen LogP contribution in [-0.2, 0) is 6.42 Å². The molecule has 0 unspecified atom stereocenters. The number of nitrogens with zero attached hydrogens (tertiary/aromatic N) is 1. The van der Waals surface area contributed by atoms with Crippen molar-refractivity contribution >= 4 is 41.5 Å². The summed E-state index contributed by atoms with van der Waals surface area (Å²) in [7, 11) is 0. The number of nitrogens with two attached hydrogens (primary N) is 1. The van der Waals surface area contributed by atoms with Crippen LogP contribution in [0.15, 0.2) is 18.2 Å². The number of hydrogen-bond donors (Lipinski definition) is 2. The predicted octanol–water partition coefficient (Wildman–Crippen LogP) is 4.11. The summed E-state index contributed by atoms with van der Waals surface area (Å²) in [4.78, 5) is 8.03. The number of H-pyrrole nitrogens is 1. The molecule has 3 nitrogen and oxygen atoms in total. The number of benzene rings is 1. The highest BCUT2D eigenvalue weighted by atomic mass is 35.5. The van der Waals surface area contributed by atoms with Crippen LogP contribution >= 0.6 is 24.8 Å². The normalized spacial score (nSPS) is 15.8. The summed E-state index contributed by atoms with van der Waals surface area (Å²) in [6.07, 6.45) is 8.00. The molecule has 0 atom stereocenters. The lowest BCUT2D eigenvalue weighted by Crippen LogP contribution is -2.10. The van der Waals surface area contributed by atoms with Gasteiger partial charge < -0.3 is 10.7 Å². The molecule has 1 heterocycles. The lowest BCUT2D eigenvalue weighted by atomic mass is 9.87. The van der Waals surface area contributed by atoms with E-state index in [0.717, 1.165) is 34.9 Å². The SMILES string of the molecule is Cl.Cl.Nc1ccc2nc(CC3CCCCC3)[nH]c2c1. The van der Waals surface area contributed by atoms with Gasteiger partial charge in [0, 0.05) is 12.1 Å². The first kappa shape index (κ1) is 16.1. The van der Waals surface area contributed by atoms with Gasteiger partial charge in [-0.25, -0.2) is 4.98 Å². The molecule has 1 aromatic heterocycles. The molecule has 19 heavy (non-hydrogen) atoms. The molecule has 106 valence electrons. The van der Waals surface area contributed by atoms with Crippen LogP contribution in [0, 0.1) is 5.92 Å². The largest absolute Gasteiger partial charge is 0.399 e. The van der Waals surface area contributed by atoms with E-state index in [9.17, 15) is 0 Å². The fourth-order valence-corrected chi connectivity index (χ4v) is 2.84. The zero-order valence-electron chi connectivity index (χ0n) is 10.9. The summed E-state index contributed by atoms with van der Waals surface area (Å²) in [5, 5.41) is 0. The zero-order chi connectivity index (χ0) is 11.7. The number of imidazole rings is 1. The molecule has 0 radical (unpaired) electrons. The summed E-state index contributed by atoms with van der Waals surface area (Å²) in [6, 6.07) is 5.87. The first-order valence-corrected chi connectivity index (χ1v) is 6.55. The third-order valence-corrected chi connectivity index (χ3v) is 3.76. The van der Waals surface area contributed by atoms with E-state index in [1.807, 2.05) is 18.2 Å². The first-order chi connectivity index (χ1) is 8.31. The average Bonchev–Trinajstić information content (AvgIpc) is 2.71. The second-order valence-electron chi connectivity index (χ2n) is 5.17. The maximum atomic E-state index is 5.77. The van der Waals surface area contributed by atoms with Crippen LogP contribution in [0.3, 0.4) is 0 Å². The lowest BCUT2D eigenvalue weighted by molar-refractivity contribution is 0.352. The number of nitrogens with one attached hydrogen (secondary N) is 1. The summed E-state index contributed by atoms with van der Waals surface area (Å²) in [6.45, 7) is 0. The monoisotopic (exact) mass is 301 g/mol. The van der Waals surface area contributed by atoms with Crippen LogP contribution < -0.4 is 5.73 Å². The summed E-state index contributed by atoms with van der Waals surface area (Å²) in [5.74, 6) is 1.94. The minimum Gasteiger partial charge on any atom is -0.399 e. The molecule has 0 saturated heterocycles. The molecule has 3 N–H and O–H groups in total. The molecular weight excluding hydrogens is 281 g/mol. The van der Waals surface area contributed by atoms with Gasteiger partial charge in [0.05, 0.1) is 11.0 Å². The number of aromatic amines is 1. The van der Waals surface area contributed by atoms with E-state index >= 15 is 0 Å². The van der Waals surface area contributed by atoms with Gasteiger partial charge >= 0.3 is 0 Å². The van der Waals surface area contributed by atoms with Crippen molar-refractivity contribution < 1.29 is 0 Å². The molecule has 0 bridgehead atoms. The van der Waals surface area contributed by atoms with Crippen molar-refractivity contribution in [3.05, 3.63) is 24.0 Å². The molecule has 0 spiro atoms. The Labute approximate surface area is 126 Å². The van der Waals surface area contributed by atoms with Gasteiger partial charge in [-0.05, 0) is 24.1 Å². The predicted molar refractivity (Wildman–Crippen MR) is 85.3 cm³/mol. The highest BCUT2D eigenvalue weighted by Crippen LogP contribution is 2.26. The molecule has 1 fully saturated rings. The van der Waals surface area contributed by atoms with Crippen molar-refractivity contribution in [3.8, 4) is 0 Å². The van der Waals surface area contributed by atoms with Crippen molar-refractivity contribution in [2.75, 3.05) is 5.73 Å². The highest BCUT2D eigenvalue weighted by molar-refractivity contribution is 5.85. The van der Waals surface area contributed by atoms with Gasteiger partial charge in [-0.2, -0.15) is 0 Å². The van der Waals surface area contributed by atoms with Gasteiger partial charge in [0.1, 0.15) is 5.82 Å². The summed E-state index contributed by atoms with van der Waals surface area (Å²) >= 11 is 0. The number of aromatic nitrogens is 2. The smallest absolute Gasteiger partial charge is 0.107 e. The van der Waals surface area contributed by atoms with Gasteiger partial charge in [0.2, 0.25) is 0 Å². The van der Waals surface area contributed by atoms with E-state index < -0.39 is 0 Å². The minimum atomic E-state index is 0. The fourth-order valence-electron chi connectivity index (χ4n) is 2.84. The van der Waals surface area contributed by atoms with E-state index in [2.05, 4.69) is 9.97 Å². The fraction of sp³-hybridized carbons (Fsp3) is 0.500. The molecule has 2 aromatic rings. The Morgan fingerprint density at radius 2 is 1.89 bits per heavy atom. The zero-order valence-corrected chi connectivity index (χ0v) is 12.5. The third-order valence-electron chi connectivity index (χ3n) is 3.76. The number of anilines is 1. The molecule has 1 aliphatic rings. The highest BCUT2D eigenvalue weighted by Gasteiger charge is 2.15. The van der Waals surface area contributed by atoms with Gasteiger partial charge in [-0.15, -0.1) is 24.8 Å². The van der Waals surface area contributed by atoms with Crippen molar-refractivity contribution in [1.29, 1.82) is 0 Å². The van der Waals surface area contributed by atoms with Crippen LogP contribution in [0.5, 0.6) is 0 Å². The lowest BCUT2D eigenvalue weighted by Gasteiger charge is -2.20. The number of rotatable bonds is 2. The molecule has 0 amide bonds. The maximum Gasteiger partial charge on any atom is 0.107 e. The van der Waals surface area contributed by atoms with Gasteiger partial charge in [-0.3, -0.25) is 0 Å². The average molecular weight is 302 g/mol. The molecule has 3 rings (SSSR count). The number of hydrogen-bond acceptors (Lipinski definition) is 2. The van der Waals surface area contributed by atoms with Crippen LogP contribution in [0.2, 0.25) is 0 Å². The van der Waals surface area contributed by atoms with Crippen LogP contribution in [-0.4, -0.2) is 9.97 Å². The van der Waals surface area contributed by atoms with Crippen LogP contribution in [0.1, 0.15) is 37.9 Å². The van der Waals surface area contributed by atoms with E-state index in [4.69, 9.17) is 5.73 Å². The van der Waals surface area contributed by atoms with Crippen LogP contribution in [0.25, 0.3) is 11.0 Å². The molecule has 0 aliphatic heterocycles. The number of fused-ring (bicyclic) bond motifs is 1. The Bertz CT molecular complexity index is 518. The standard InChI is InChI=1S/C14H19N3.2ClH/c15-11-6-7-12-13(9-11)17-14(16-12)8-10-4-2-1-3-5-10;;/h6-7,9-10H,1-5,8,15H2,(H,16,17);2*1H. The van der Waals surface area contributed by atoms with E-state index in [0.29, 0.717) is 0 Å². The summed E-state index contributed by atoms with van der Waals surface area (Å²) < 4.78 is 0. The van der Waals surface area contributed by atoms with E-state index in [1.165, 1.54) is 32.1 Å². The molecule has 5 heteroatoms. The topological polar surface area (TPSA) is 54.7 Å². The van der Waals surface area contributed by atoms with E-state index in [-0.39, 0.29) is 24.8 Å². The van der Waals surface area contributed by atoms with Crippen molar-refractivity contribution in [1.82, 2.24) is 9.97 Å². The number of halogens is 2. The summed E-state index contributed by atoms with van der Waals surface area (Å²) in [5.41, 5.74) is 8.66. The van der Waals surface area contributed by atoms with Gasteiger partial charge in [0.15, 0.2) is 0 Å². The Balaban J connectivity index is 0.000000902. The molecule has 1 aliphatic carbocycles. The van der Waals surface area contributed by atoms with Crippen molar-refractivity contribution in [2.24, 2.45) is 5.92 Å². The minimum absolute atomic E-state index is 0. The second-order valence-corrected chi connectivity index (χ2v) is 5.17. The van der Waals surface area contributed by atoms with Gasteiger partial charge in [-0.1, -0.05) is 32.1 Å². The molecular formula is C14H21Cl2N3. The quantitative estimate of drug-likeness (QED) is 0.820. The Kier molecular flexibility index (Phi) is 5.95.